The molecule has 1 aromatic carbocycles. The van der Waals surface area contributed by atoms with Gasteiger partial charge in [0.2, 0.25) is 5.91 Å². The zero-order chi connectivity index (χ0) is 14.4. The van der Waals surface area contributed by atoms with Gasteiger partial charge in [0.05, 0.1) is 6.42 Å². The number of hydrogen-bond donors (Lipinski definition) is 2. The van der Waals surface area contributed by atoms with E-state index < -0.39 is 0 Å². The molecule has 118 valence electrons. The molecule has 1 unspecified atom stereocenters. The second kappa shape index (κ2) is 9.44. The van der Waals surface area contributed by atoms with E-state index in [0.717, 1.165) is 10.0 Å². The Morgan fingerprint density at radius 2 is 2.05 bits per heavy atom. The minimum atomic E-state index is 0. The van der Waals surface area contributed by atoms with Gasteiger partial charge in [0.1, 0.15) is 0 Å². The van der Waals surface area contributed by atoms with Crippen molar-refractivity contribution in [2.45, 2.75) is 44.6 Å². The molecule has 0 aliphatic heterocycles. The Kier molecular flexibility index (Phi) is 8.30. The highest BCUT2D eigenvalue weighted by Gasteiger charge is 2.23. The zero-order valence-electron chi connectivity index (χ0n) is 12.2. The molecule has 5 heteroatoms. The lowest BCUT2D eigenvalue weighted by Gasteiger charge is -2.30. The lowest BCUT2D eigenvalue weighted by Crippen LogP contribution is -2.46. The molecule has 1 amide bonds. The molecule has 1 aliphatic rings. The summed E-state index contributed by atoms with van der Waals surface area (Å²) in [4.78, 5) is 12.2. The molecule has 0 radical (unpaired) electrons. The molecule has 3 N–H and O–H groups in total. The predicted octanol–water partition coefficient (Wildman–Crippen LogP) is 3.44. The predicted molar refractivity (Wildman–Crippen MR) is 92.7 cm³/mol. The number of nitrogens with one attached hydrogen (secondary N) is 1. The van der Waals surface area contributed by atoms with Gasteiger partial charge in [0, 0.05) is 17.1 Å². The fraction of sp³-hybridized carbons (Fsp3) is 0.562. The van der Waals surface area contributed by atoms with Crippen LogP contribution in [0.5, 0.6) is 0 Å². The first kappa shape index (κ1) is 18.5. The monoisotopic (exact) mass is 374 g/mol. The molecule has 1 saturated carbocycles. The van der Waals surface area contributed by atoms with Crippen LogP contribution in [0.1, 0.15) is 37.7 Å². The summed E-state index contributed by atoms with van der Waals surface area (Å²) in [5, 5.41) is 3.13. The molecule has 0 spiro atoms. The number of amides is 1. The fourth-order valence-electron chi connectivity index (χ4n) is 3.00. The van der Waals surface area contributed by atoms with Gasteiger partial charge in [-0.05, 0) is 36.5 Å². The molecule has 0 aromatic heterocycles. The van der Waals surface area contributed by atoms with Gasteiger partial charge in [-0.15, -0.1) is 12.4 Å². The van der Waals surface area contributed by atoms with E-state index >= 15 is 0 Å². The normalized spacial score (nSPS) is 16.9. The Hall–Kier alpha value is -0.580. The molecule has 21 heavy (non-hydrogen) atoms. The SMILES string of the molecule is Cl.NCC(NC(=O)Cc1cccc(Br)c1)C1CCCCC1. The van der Waals surface area contributed by atoms with E-state index in [-0.39, 0.29) is 24.4 Å². The van der Waals surface area contributed by atoms with Gasteiger partial charge in [-0.25, -0.2) is 0 Å². The molecular weight excluding hydrogens is 352 g/mol. The summed E-state index contributed by atoms with van der Waals surface area (Å²) < 4.78 is 1.01. The average molecular weight is 376 g/mol. The fourth-order valence-corrected chi connectivity index (χ4v) is 3.44. The van der Waals surface area contributed by atoms with Gasteiger partial charge in [-0.1, -0.05) is 47.3 Å². The number of rotatable bonds is 5. The highest BCUT2D eigenvalue weighted by Crippen LogP contribution is 2.26. The third-order valence-electron chi connectivity index (χ3n) is 4.07. The first-order chi connectivity index (χ1) is 9.69. The number of hydrogen-bond acceptors (Lipinski definition) is 2. The maximum absolute atomic E-state index is 12.2. The number of carbonyl (C=O) groups excluding carboxylic acids is 1. The summed E-state index contributed by atoms with van der Waals surface area (Å²) in [5.41, 5.74) is 6.87. The van der Waals surface area contributed by atoms with Gasteiger partial charge in [0.25, 0.3) is 0 Å². The third kappa shape index (κ3) is 5.97. The minimum absolute atomic E-state index is 0. The first-order valence-electron chi connectivity index (χ1n) is 7.43. The molecule has 0 heterocycles. The van der Waals surface area contributed by atoms with Crippen LogP contribution in [0.2, 0.25) is 0 Å². The summed E-state index contributed by atoms with van der Waals surface area (Å²) in [6.45, 7) is 0.537. The molecule has 1 fully saturated rings. The van der Waals surface area contributed by atoms with Crippen molar-refractivity contribution in [1.82, 2.24) is 5.32 Å². The van der Waals surface area contributed by atoms with Gasteiger partial charge in [-0.2, -0.15) is 0 Å². The summed E-state index contributed by atoms with van der Waals surface area (Å²) in [6, 6.07) is 8.01. The molecule has 1 aromatic rings. The van der Waals surface area contributed by atoms with Crippen molar-refractivity contribution in [2.75, 3.05) is 6.54 Å². The van der Waals surface area contributed by atoms with Crippen LogP contribution in [0.25, 0.3) is 0 Å². The van der Waals surface area contributed by atoms with E-state index in [9.17, 15) is 4.79 Å². The van der Waals surface area contributed by atoms with E-state index in [1.54, 1.807) is 0 Å². The summed E-state index contributed by atoms with van der Waals surface area (Å²) in [6.07, 6.45) is 6.66. The second-order valence-corrected chi connectivity index (χ2v) is 6.53. The van der Waals surface area contributed by atoms with Gasteiger partial charge >= 0.3 is 0 Å². The van der Waals surface area contributed by atoms with Crippen LogP contribution < -0.4 is 11.1 Å². The van der Waals surface area contributed by atoms with Gasteiger partial charge < -0.3 is 11.1 Å². The Morgan fingerprint density at radius 3 is 2.67 bits per heavy atom. The van der Waals surface area contributed by atoms with Crippen LogP contribution in [-0.2, 0) is 11.2 Å². The van der Waals surface area contributed by atoms with Crippen LogP contribution >= 0.6 is 28.3 Å². The largest absolute Gasteiger partial charge is 0.352 e. The van der Waals surface area contributed by atoms with Crippen molar-refractivity contribution in [3.63, 3.8) is 0 Å². The molecule has 0 saturated heterocycles. The van der Waals surface area contributed by atoms with Crippen molar-refractivity contribution in [3.05, 3.63) is 34.3 Å². The summed E-state index contributed by atoms with van der Waals surface area (Å²) in [5.74, 6) is 0.629. The van der Waals surface area contributed by atoms with E-state index in [4.69, 9.17) is 5.73 Å². The van der Waals surface area contributed by atoms with Crippen molar-refractivity contribution in [3.8, 4) is 0 Å². The summed E-state index contributed by atoms with van der Waals surface area (Å²) in [7, 11) is 0. The molecule has 1 aliphatic carbocycles. The Morgan fingerprint density at radius 1 is 1.33 bits per heavy atom. The van der Waals surface area contributed by atoms with Gasteiger partial charge in [-0.3, -0.25) is 4.79 Å². The van der Waals surface area contributed by atoms with E-state index in [0.29, 0.717) is 18.9 Å². The lowest BCUT2D eigenvalue weighted by molar-refractivity contribution is -0.121. The van der Waals surface area contributed by atoms with Crippen molar-refractivity contribution < 1.29 is 4.79 Å². The minimum Gasteiger partial charge on any atom is -0.352 e. The van der Waals surface area contributed by atoms with Crippen molar-refractivity contribution in [1.29, 1.82) is 0 Å². The Labute approximate surface area is 141 Å². The van der Waals surface area contributed by atoms with Crippen molar-refractivity contribution in [2.24, 2.45) is 11.7 Å². The lowest BCUT2D eigenvalue weighted by atomic mass is 9.84. The highest BCUT2D eigenvalue weighted by atomic mass is 79.9. The first-order valence-corrected chi connectivity index (χ1v) is 8.22. The molecule has 2 rings (SSSR count). The maximum Gasteiger partial charge on any atom is 0.224 e. The van der Waals surface area contributed by atoms with Crippen molar-refractivity contribution >= 4 is 34.2 Å². The summed E-state index contributed by atoms with van der Waals surface area (Å²) >= 11 is 3.43. The van der Waals surface area contributed by atoms with E-state index in [1.807, 2.05) is 24.3 Å². The molecular formula is C16H24BrClN2O. The molecule has 3 nitrogen and oxygen atoms in total. The molecule has 0 bridgehead atoms. The van der Waals surface area contributed by atoms with Crippen LogP contribution in [-0.4, -0.2) is 18.5 Å². The van der Waals surface area contributed by atoms with Crippen LogP contribution in [0.3, 0.4) is 0 Å². The number of nitrogens with two attached hydrogens (primary N) is 1. The topological polar surface area (TPSA) is 55.1 Å². The second-order valence-electron chi connectivity index (χ2n) is 5.61. The third-order valence-corrected chi connectivity index (χ3v) is 4.57. The average Bonchev–Trinajstić information content (AvgIpc) is 2.45. The zero-order valence-corrected chi connectivity index (χ0v) is 14.6. The quantitative estimate of drug-likeness (QED) is 0.828. The van der Waals surface area contributed by atoms with E-state index in [2.05, 4.69) is 21.2 Å². The number of benzene rings is 1. The van der Waals surface area contributed by atoms with Crippen LogP contribution in [0.15, 0.2) is 28.7 Å². The van der Waals surface area contributed by atoms with E-state index in [1.165, 1.54) is 32.1 Å². The highest BCUT2D eigenvalue weighted by molar-refractivity contribution is 9.10. The van der Waals surface area contributed by atoms with Gasteiger partial charge in [0.15, 0.2) is 0 Å². The number of halogens is 2. The standard InChI is InChI=1S/C16H23BrN2O.ClH/c17-14-8-4-5-12(9-14)10-16(20)19-15(11-18)13-6-2-1-3-7-13;/h4-5,8-9,13,15H,1-3,6-7,10-11,18H2,(H,19,20);1H. The maximum atomic E-state index is 12.2. The van der Waals surface area contributed by atoms with Crippen LogP contribution in [0, 0.1) is 5.92 Å². The Bertz CT molecular complexity index is 450. The Balaban J connectivity index is 0.00000220. The number of carbonyl (C=O) groups is 1. The smallest absolute Gasteiger partial charge is 0.224 e. The van der Waals surface area contributed by atoms with Crippen LogP contribution in [0.4, 0.5) is 0 Å². The molecule has 1 atom stereocenters.